The lowest BCUT2D eigenvalue weighted by atomic mass is 10.2. The predicted molar refractivity (Wildman–Crippen MR) is 91.9 cm³/mol. The minimum absolute atomic E-state index is 0.324. The maximum atomic E-state index is 12.6. The first-order chi connectivity index (χ1) is 12.1. The molecule has 0 radical (unpaired) electrons. The zero-order valence-corrected chi connectivity index (χ0v) is 14.9. The fraction of sp³-hybridized carbons (Fsp3) is 0.500. The molecule has 1 saturated carbocycles. The second-order valence-electron chi connectivity index (χ2n) is 6.71. The van der Waals surface area contributed by atoms with E-state index in [-0.39, 0.29) is 0 Å². The molecule has 0 amide bonds. The lowest BCUT2D eigenvalue weighted by molar-refractivity contribution is 0.300. The summed E-state index contributed by atoms with van der Waals surface area (Å²) in [5.74, 6) is 2.04. The molecule has 6 nitrogen and oxygen atoms in total. The first kappa shape index (κ1) is 16.6. The summed E-state index contributed by atoms with van der Waals surface area (Å²) in [5, 5.41) is 3.85. The van der Waals surface area contributed by atoms with E-state index in [1.54, 1.807) is 34.8 Å². The average Bonchev–Trinajstić information content (AvgIpc) is 3.39. The Bertz CT molecular complexity index is 819. The zero-order chi connectivity index (χ0) is 17.3. The van der Waals surface area contributed by atoms with Crippen LogP contribution in [-0.4, -0.2) is 31.0 Å². The number of hydrogen-bond donors (Lipinski definition) is 0. The molecule has 2 heterocycles. The lowest BCUT2D eigenvalue weighted by Gasteiger charge is -2.25. The van der Waals surface area contributed by atoms with Crippen molar-refractivity contribution in [1.29, 1.82) is 0 Å². The largest absolute Gasteiger partial charge is 0.489 e. The molecule has 1 aromatic heterocycles. The molecule has 2 aromatic rings. The van der Waals surface area contributed by atoms with Gasteiger partial charge in [-0.1, -0.05) is 11.6 Å². The summed E-state index contributed by atoms with van der Waals surface area (Å²) in [7, 11) is -3.39. The van der Waals surface area contributed by atoms with E-state index in [0.717, 1.165) is 43.4 Å². The Labute approximate surface area is 147 Å². The van der Waals surface area contributed by atoms with Crippen LogP contribution >= 0.6 is 0 Å². The molecule has 2 aliphatic rings. The number of rotatable bonds is 6. The van der Waals surface area contributed by atoms with Crippen LogP contribution in [0, 0.1) is 0 Å². The average molecular weight is 362 g/mol. The summed E-state index contributed by atoms with van der Waals surface area (Å²) in [6, 6.07) is 6.66. The summed E-state index contributed by atoms with van der Waals surface area (Å²) in [5.41, 5.74) is 0.965. The third-order valence-electron chi connectivity index (χ3n) is 4.80. The van der Waals surface area contributed by atoms with E-state index in [2.05, 4.69) is 5.16 Å². The van der Waals surface area contributed by atoms with Crippen LogP contribution < -0.4 is 4.74 Å². The number of hydrogen-bond acceptors (Lipinski definition) is 5. The van der Waals surface area contributed by atoms with Gasteiger partial charge in [-0.15, -0.1) is 0 Å². The number of benzene rings is 1. The van der Waals surface area contributed by atoms with Gasteiger partial charge in [0.25, 0.3) is 0 Å². The first-order valence-corrected chi connectivity index (χ1v) is 10.2. The zero-order valence-electron chi connectivity index (χ0n) is 14.1. The fourth-order valence-electron chi connectivity index (χ4n) is 3.18. The van der Waals surface area contributed by atoms with Crippen LogP contribution in [0.4, 0.5) is 0 Å². The Morgan fingerprint density at radius 3 is 2.52 bits per heavy atom. The van der Waals surface area contributed by atoms with Crippen molar-refractivity contribution in [3.8, 4) is 5.75 Å². The summed E-state index contributed by atoms with van der Waals surface area (Å²) < 4.78 is 37.9. The molecule has 0 N–H and O–H groups in total. The molecule has 0 atom stereocenters. The molecule has 1 aromatic carbocycles. The highest BCUT2D eigenvalue weighted by atomic mass is 32.2. The molecule has 4 rings (SSSR count). The van der Waals surface area contributed by atoms with Gasteiger partial charge in [-0.25, -0.2) is 8.42 Å². The Morgan fingerprint density at radius 1 is 1.12 bits per heavy atom. The minimum Gasteiger partial charge on any atom is -0.489 e. The van der Waals surface area contributed by atoms with Crippen molar-refractivity contribution in [1.82, 2.24) is 9.46 Å². The molecule has 0 spiro atoms. The maximum absolute atomic E-state index is 12.6. The van der Waals surface area contributed by atoms with Crippen LogP contribution in [0.5, 0.6) is 5.75 Å². The van der Waals surface area contributed by atoms with Crippen molar-refractivity contribution in [2.75, 3.05) is 13.1 Å². The van der Waals surface area contributed by atoms with E-state index in [9.17, 15) is 8.42 Å². The van der Waals surface area contributed by atoms with Gasteiger partial charge < -0.3 is 9.26 Å². The highest BCUT2D eigenvalue weighted by Crippen LogP contribution is 2.41. The summed E-state index contributed by atoms with van der Waals surface area (Å²) >= 11 is 0. The molecule has 1 aliphatic carbocycles. The van der Waals surface area contributed by atoms with Crippen LogP contribution in [0.2, 0.25) is 0 Å². The first-order valence-electron chi connectivity index (χ1n) is 8.81. The Hall–Kier alpha value is -1.86. The Morgan fingerprint density at radius 2 is 1.84 bits per heavy atom. The van der Waals surface area contributed by atoms with Crippen LogP contribution in [0.3, 0.4) is 0 Å². The van der Waals surface area contributed by atoms with Gasteiger partial charge >= 0.3 is 0 Å². The number of aromatic nitrogens is 1. The van der Waals surface area contributed by atoms with E-state index in [1.165, 1.54) is 0 Å². The van der Waals surface area contributed by atoms with Crippen LogP contribution in [-0.2, 0) is 16.6 Å². The van der Waals surface area contributed by atoms with E-state index in [0.29, 0.717) is 36.3 Å². The second-order valence-corrected chi connectivity index (χ2v) is 8.65. The molecular weight excluding hydrogens is 340 g/mol. The van der Waals surface area contributed by atoms with E-state index in [4.69, 9.17) is 9.26 Å². The van der Waals surface area contributed by atoms with Gasteiger partial charge in [0.05, 0.1) is 16.7 Å². The lowest BCUT2D eigenvalue weighted by Crippen LogP contribution is -2.35. The quantitative estimate of drug-likeness (QED) is 0.788. The SMILES string of the molecule is O=S(=O)(c1ccc(OCc2cnoc2C2CC2)cc1)N1CCCCC1. The maximum Gasteiger partial charge on any atom is 0.243 e. The van der Waals surface area contributed by atoms with Crippen LogP contribution in [0.1, 0.15) is 49.3 Å². The predicted octanol–water partition coefficient (Wildman–Crippen LogP) is 3.31. The normalized spacial score (nSPS) is 19.0. The molecule has 0 bridgehead atoms. The van der Waals surface area contributed by atoms with Crippen molar-refractivity contribution < 1.29 is 17.7 Å². The molecular formula is C18H22N2O4S. The van der Waals surface area contributed by atoms with E-state index in [1.807, 2.05) is 0 Å². The van der Waals surface area contributed by atoms with Crippen molar-refractivity contribution in [2.45, 2.75) is 49.5 Å². The monoisotopic (exact) mass is 362 g/mol. The molecule has 134 valence electrons. The third-order valence-corrected chi connectivity index (χ3v) is 6.71. The third kappa shape index (κ3) is 3.57. The molecule has 1 saturated heterocycles. The summed E-state index contributed by atoms with van der Waals surface area (Å²) in [6.45, 7) is 1.60. The summed E-state index contributed by atoms with van der Waals surface area (Å²) in [6.07, 6.45) is 6.95. The second kappa shape index (κ2) is 6.80. The number of sulfonamides is 1. The number of nitrogens with zero attached hydrogens (tertiary/aromatic N) is 2. The molecule has 0 unspecified atom stereocenters. The Kier molecular flexibility index (Phi) is 4.52. The van der Waals surface area contributed by atoms with Gasteiger partial charge in [0.2, 0.25) is 10.0 Å². The molecule has 2 fully saturated rings. The van der Waals surface area contributed by atoms with Crippen LogP contribution in [0.25, 0.3) is 0 Å². The van der Waals surface area contributed by atoms with Crippen molar-refractivity contribution >= 4 is 10.0 Å². The van der Waals surface area contributed by atoms with Gasteiger partial charge in [-0.05, 0) is 49.9 Å². The highest BCUT2D eigenvalue weighted by molar-refractivity contribution is 7.89. The van der Waals surface area contributed by atoms with Gasteiger partial charge in [-0.3, -0.25) is 0 Å². The van der Waals surface area contributed by atoms with Gasteiger partial charge in [0.15, 0.2) is 0 Å². The highest BCUT2D eigenvalue weighted by Gasteiger charge is 2.30. The smallest absolute Gasteiger partial charge is 0.243 e. The van der Waals surface area contributed by atoms with Crippen molar-refractivity contribution in [2.24, 2.45) is 0 Å². The van der Waals surface area contributed by atoms with Gasteiger partial charge in [0.1, 0.15) is 18.1 Å². The van der Waals surface area contributed by atoms with Crippen molar-refractivity contribution in [3.05, 3.63) is 41.8 Å². The van der Waals surface area contributed by atoms with Gasteiger partial charge in [-0.2, -0.15) is 4.31 Å². The summed E-state index contributed by atoms with van der Waals surface area (Å²) in [4.78, 5) is 0.324. The number of piperidine rings is 1. The topological polar surface area (TPSA) is 72.6 Å². The van der Waals surface area contributed by atoms with Gasteiger partial charge in [0, 0.05) is 19.0 Å². The van der Waals surface area contributed by atoms with Crippen LogP contribution in [0.15, 0.2) is 39.9 Å². The molecule has 7 heteroatoms. The van der Waals surface area contributed by atoms with Crippen molar-refractivity contribution in [3.63, 3.8) is 0 Å². The fourth-order valence-corrected chi connectivity index (χ4v) is 4.70. The minimum atomic E-state index is -3.39. The molecule has 25 heavy (non-hydrogen) atoms. The van der Waals surface area contributed by atoms with E-state index >= 15 is 0 Å². The Balaban J connectivity index is 1.42. The number of ether oxygens (including phenoxy) is 1. The standard InChI is InChI=1S/C18H22N2O4S/c21-25(22,20-10-2-1-3-11-20)17-8-6-16(7-9-17)23-13-15-12-19-24-18(15)14-4-5-14/h6-9,12,14H,1-5,10-11,13H2. The molecule has 1 aliphatic heterocycles. The van der Waals surface area contributed by atoms with E-state index < -0.39 is 10.0 Å².